The lowest BCUT2D eigenvalue weighted by Gasteiger charge is -2.25. The van der Waals surface area contributed by atoms with Crippen LogP contribution in [0.3, 0.4) is 0 Å². The van der Waals surface area contributed by atoms with Crippen molar-refractivity contribution in [1.82, 2.24) is 15.5 Å². The Bertz CT molecular complexity index is 737. The Kier molecular flexibility index (Phi) is 6.79. The van der Waals surface area contributed by atoms with Gasteiger partial charge in [0.2, 0.25) is 11.8 Å². The van der Waals surface area contributed by atoms with Crippen molar-refractivity contribution in [2.75, 3.05) is 7.11 Å². The standard InChI is InChI=1S/C19H27N3O5/c1-6-7-14(20-18(24)27-19(2,3)4)15(23)17-22-21-16(26-17)12-8-10-13(25-5)11-9-12/h8-11,14-15,23H,6-7H2,1-5H3,(H,20,24)/t14-,15?/m0/s1. The highest BCUT2D eigenvalue weighted by molar-refractivity contribution is 5.68. The Morgan fingerprint density at radius 3 is 2.48 bits per heavy atom. The van der Waals surface area contributed by atoms with E-state index in [1.165, 1.54) is 0 Å². The predicted molar refractivity (Wildman–Crippen MR) is 99.3 cm³/mol. The first-order valence-electron chi connectivity index (χ1n) is 8.89. The normalized spacial score (nSPS) is 13.7. The maximum atomic E-state index is 12.0. The molecule has 27 heavy (non-hydrogen) atoms. The summed E-state index contributed by atoms with van der Waals surface area (Å²) in [6.07, 6.45) is -0.468. The van der Waals surface area contributed by atoms with Gasteiger partial charge < -0.3 is 24.3 Å². The van der Waals surface area contributed by atoms with E-state index in [4.69, 9.17) is 13.9 Å². The number of hydrogen-bond acceptors (Lipinski definition) is 7. The van der Waals surface area contributed by atoms with Crippen LogP contribution in [0, 0.1) is 0 Å². The number of alkyl carbamates (subject to hydrolysis) is 1. The van der Waals surface area contributed by atoms with E-state index < -0.39 is 23.8 Å². The van der Waals surface area contributed by atoms with Gasteiger partial charge in [0.05, 0.1) is 13.2 Å². The third-order valence-corrected chi connectivity index (χ3v) is 3.71. The summed E-state index contributed by atoms with van der Waals surface area (Å²) in [7, 11) is 1.59. The lowest BCUT2D eigenvalue weighted by Crippen LogP contribution is -2.42. The quantitative estimate of drug-likeness (QED) is 0.761. The van der Waals surface area contributed by atoms with Crippen LogP contribution in [-0.4, -0.2) is 40.1 Å². The summed E-state index contributed by atoms with van der Waals surface area (Å²) in [4.78, 5) is 12.0. The fraction of sp³-hybridized carbons (Fsp3) is 0.526. The topological polar surface area (TPSA) is 107 Å². The van der Waals surface area contributed by atoms with Gasteiger partial charge in [0.1, 0.15) is 11.4 Å². The summed E-state index contributed by atoms with van der Waals surface area (Å²) in [5, 5.41) is 21.2. The molecule has 1 amide bonds. The van der Waals surface area contributed by atoms with Crippen LogP contribution >= 0.6 is 0 Å². The molecule has 1 heterocycles. The molecule has 2 atom stereocenters. The molecular formula is C19H27N3O5. The molecule has 0 aliphatic carbocycles. The van der Waals surface area contributed by atoms with E-state index in [-0.39, 0.29) is 11.8 Å². The zero-order valence-corrected chi connectivity index (χ0v) is 16.4. The van der Waals surface area contributed by atoms with Gasteiger partial charge in [0, 0.05) is 5.56 Å². The predicted octanol–water partition coefficient (Wildman–Crippen LogP) is 3.47. The molecule has 8 heteroatoms. The van der Waals surface area contributed by atoms with E-state index >= 15 is 0 Å². The van der Waals surface area contributed by atoms with Gasteiger partial charge in [0.25, 0.3) is 0 Å². The van der Waals surface area contributed by atoms with Gasteiger partial charge in [-0.05, 0) is 51.5 Å². The molecule has 1 aromatic carbocycles. The number of hydrogen-bond donors (Lipinski definition) is 2. The van der Waals surface area contributed by atoms with Crippen LogP contribution in [0.5, 0.6) is 5.75 Å². The summed E-state index contributed by atoms with van der Waals surface area (Å²) < 4.78 is 16.0. The molecule has 0 bridgehead atoms. The highest BCUT2D eigenvalue weighted by Crippen LogP contribution is 2.25. The second-order valence-electron chi connectivity index (χ2n) is 7.16. The van der Waals surface area contributed by atoms with Crippen LogP contribution in [0.25, 0.3) is 11.5 Å². The Morgan fingerprint density at radius 1 is 1.26 bits per heavy atom. The van der Waals surface area contributed by atoms with Gasteiger partial charge in [-0.3, -0.25) is 0 Å². The number of aromatic nitrogens is 2. The number of aliphatic hydroxyl groups is 1. The maximum absolute atomic E-state index is 12.0. The minimum absolute atomic E-state index is 0.0373. The molecular weight excluding hydrogens is 350 g/mol. The van der Waals surface area contributed by atoms with Gasteiger partial charge in [-0.1, -0.05) is 13.3 Å². The smallest absolute Gasteiger partial charge is 0.407 e. The Labute approximate surface area is 158 Å². The molecule has 0 radical (unpaired) electrons. The van der Waals surface area contributed by atoms with Crippen molar-refractivity contribution in [2.45, 2.75) is 58.3 Å². The molecule has 148 valence electrons. The third kappa shape index (κ3) is 5.96. The van der Waals surface area contributed by atoms with E-state index in [0.29, 0.717) is 17.7 Å². The lowest BCUT2D eigenvalue weighted by molar-refractivity contribution is 0.0379. The van der Waals surface area contributed by atoms with E-state index in [9.17, 15) is 9.90 Å². The second-order valence-corrected chi connectivity index (χ2v) is 7.16. The first-order valence-corrected chi connectivity index (χ1v) is 8.89. The highest BCUT2D eigenvalue weighted by Gasteiger charge is 2.29. The largest absolute Gasteiger partial charge is 0.497 e. The molecule has 0 aliphatic rings. The molecule has 2 aromatic rings. The van der Waals surface area contributed by atoms with Crippen LogP contribution in [0.15, 0.2) is 28.7 Å². The van der Waals surface area contributed by atoms with E-state index in [0.717, 1.165) is 6.42 Å². The van der Waals surface area contributed by atoms with Crippen molar-refractivity contribution in [2.24, 2.45) is 0 Å². The summed E-state index contributed by atoms with van der Waals surface area (Å²) in [5.74, 6) is 1.03. The number of carbonyl (C=O) groups excluding carboxylic acids is 1. The maximum Gasteiger partial charge on any atom is 0.407 e. The van der Waals surface area contributed by atoms with Crippen molar-refractivity contribution < 1.29 is 23.8 Å². The summed E-state index contributed by atoms with van der Waals surface area (Å²) in [6, 6.07) is 6.52. The summed E-state index contributed by atoms with van der Waals surface area (Å²) >= 11 is 0. The number of methoxy groups -OCH3 is 1. The molecule has 0 spiro atoms. The number of nitrogens with zero attached hydrogens (tertiary/aromatic N) is 2. The summed E-state index contributed by atoms with van der Waals surface area (Å²) in [5.41, 5.74) is 0.0755. The first kappa shape index (κ1) is 20.7. The average molecular weight is 377 g/mol. The van der Waals surface area contributed by atoms with Crippen LogP contribution < -0.4 is 10.1 Å². The Hall–Kier alpha value is -2.61. The van der Waals surface area contributed by atoms with Crippen molar-refractivity contribution in [3.05, 3.63) is 30.2 Å². The fourth-order valence-electron chi connectivity index (χ4n) is 2.46. The second kappa shape index (κ2) is 8.85. The van der Waals surface area contributed by atoms with Gasteiger partial charge >= 0.3 is 6.09 Å². The minimum Gasteiger partial charge on any atom is -0.497 e. The van der Waals surface area contributed by atoms with Crippen LogP contribution in [0.1, 0.15) is 52.5 Å². The Balaban J connectivity index is 2.12. The van der Waals surface area contributed by atoms with Crippen molar-refractivity contribution in [1.29, 1.82) is 0 Å². The SMILES string of the molecule is CCC[C@H](NC(=O)OC(C)(C)C)C(O)c1nnc(-c2ccc(OC)cc2)o1. The molecule has 0 saturated carbocycles. The number of nitrogens with one attached hydrogen (secondary N) is 1. The van der Waals surface area contributed by atoms with Gasteiger partial charge in [-0.2, -0.15) is 0 Å². The van der Waals surface area contributed by atoms with E-state index in [1.807, 2.05) is 6.92 Å². The monoisotopic (exact) mass is 377 g/mol. The van der Waals surface area contributed by atoms with Gasteiger partial charge in [-0.15, -0.1) is 10.2 Å². The van der Waals surface area contributed by atoms with Crippen LogP contribution in [-0.2, 0) is 4.74 Å². The molecule has 2 N–H and O–H groups in total. The van der Waals surface area contributed by atoms with Crippen molar-refractivity contribution >= 4 is 6.09 Å². The molecule has 1 aromatic heterocycles. The Morgan fingerprint density at radius 2 is 1.93 bits per heavy atom. The molecule has 2 rings (SSSR count). The molecule has 0 saturated heterocycles. The molecule has 8 nitrogen and oxygen atoms in total. The average Bonchev–Trinajstić information content (AvgIpc) is 3.09. The zero-order chi connectivity index (χ0) is 20.0. The fourth-order valence-corrected chi connectivity index (χ4v) is 2.46. The summed E-state index contributed by atoms with van der Waals surface area (Å²) in [6.45, 7) is 7.28. The number of carbonyl (C=O) groups is 1. The van der Waals surface area contributed by atoms with E-state index in [1.54, 1.807) is 52.1 Å². The highest BCUT2D eigenvalue weighted by atomic mass is 16.6. The minimum atomic E-state index is -1.14. The van der Waals surface area contributed by atoms with Gasteiger partial charge in [0.15, 0.2) is 6.10 Å². The van der Waals surface area contributed by atoms with Crippen LogP contribution in [0.4, 0.5) is 4.79 Å². The van der Waals surface area contributed by atoms with Crippen molar-refractivity contribution in [3.8, 4) is 17.2 Å². The lowest BCUT2D eigenvalue weighted by atomic mass is 10.1. The number of amides is 1. The number of aliphatic hydroxyl groups excluding tert-OH is 1. The number of ether oxygens (including phenoxy) is 2. The van der Waals surface area contributed by atoms with Crippen LogP contribution in [0.2, 0.25) is 0 Å². The number of benzene rings is 1. The third-order valence-electron chi connectivity index (χ3n) is 3.71. The number of rotatable bonds is 7. The van der Waals surface area contributed by atoms with E-state index in [2.05, 4.69) is 15.5 Å². The molecule has 1 unspecified atom stereocenters. The zero-order valence-electron chi connectivity index (χ0n) is 16.4. The molecule has 0 fully saturated rings. The molecule has 0 aliphatic heterocycles. The van der Waals surface area contributed by atoms with Gasteiger partial charge in [-0.25, -0.2) is 4.79 Å². The first-order chi connectivity index (χ1) is 12.7. The van der Waals surface area contributed by atoms with Crippen molar-refractivity contribution in [3.63, 3.8) is 0 Å².